The monoisotopic (exact) mass is 273 g/mol. The van der Waals surface area contributed by atoms with Gasteiger partial charge in [0.1, 0.15) is 5.82 Å². The first kappa shape index (κ1) is 14.3. The van der Waals surface area contributed by atoms with Crippen molar-refractivity contribution in [3.8, 4) is 0 Å². The van der Waals surface area contributed by atoms with Crippen LogP contribution in [-0.2, 0) is 18.3 Å². The fourth-order valence-corrected chi connectivity index (χ4v) is 2.12. The molecular formula is C15H19N3O2. The SMILES string of the molecule is Cn1ccnc1CCNCC(C(=O)O)c1ccccc1. The zero-order valence-corrected chi connectivity index (χ0v) is 11.5. The van der Waals surface area contributed by atoms with E-state index in [-0.39, 0.29) is 0 Å². The molecule has 0 amide bonds. The fourth-order valence-electron chi connectivity index (χ4n) is 2.12. The summed E-state index contributed by atoms with van der Waals surface area (Å²) in [6, 6.07) is 9.30. The topological polar surface area (TPSA) is 67.2 Å². The average Bonchev–Trinajstić information content (AvgIpc) is 2.85. The molecule has 0 fully saturated rings. The van der Waals surface area contributed by atoms with Gasteiger partial charge in [0.15, 0.2) is 0 Å². The number of aromatic nitrogens is 2. The molecule has 0 aliphatic heterocycles. The summed E-state index contributed by atoms with van der Waals surface area (Å²) in [7, 11) is 1.95. The van der Waals surface area contributed by atoms with Crippen molar-refractivity contribution < 1.29 is 9.90 Å². The number of hydrogen-bond acceptors (Lipinski definition) is 3. The van der Waals surface area contributed by atoms with Crippen molar-refractivity contribution in [1.82, 2.24) is 14.9 Å². The number of carboxylic acid groups (broad SMARTS) is 1. The van der Waals surface area contributed by atoms with Crippen LogP contribution in [0.15, 0.2) is 42.7 Å². The highest BCUT2D eigenvalue weighted by Gasteiger charge is 2.18. The second kappa shape index (κ2) is 6.86. The summed E-state index contributed by atoms with van der Waals surface area (Å²) in [5, 5.41) is 12.5. The quantitative estimate of drug-likeness (QED) is 0.749. The minimum Gasteiger partial charge on any atom is -0.481 e. The highest BCUT2D eigenvalue weighted by atomic mass is 16.4. The van der Waals surface area contributed by atoms with Crippen LogP contribution in [0.2, 0.25) is 0 Å². The molecule has 0 saturated carbocycles. The average molecular weight is 273 g/mol. The Balaban J connectivity index is 1.85. The zero-order chi connectivity index (χ0) is 14.4. The number of imidazole rings is 1. The number of nitrogens with one attached hydrogen (secondary N) is 1. The first-order chi connectivity index (χ1) is 9.68. The van der Waals surface area contributed by atoms with E-state index in [0.29, 0.717) is 13.1 Å². The largest absolute Gasteiger partial charge is 0.481 e. The van der Waals surface area contributed by atoms with Crippen molar-refractivity contribution in [2.24, 2.45) is 7.05 Å². The van der Waals surface area contributed by atoms with E-state index in [4.69, 9.17) is 0 Å². The molecule has 0 saturated heterocycles. The molecule has 1 atom stereocenters. The maximum atomic E-state index is 11.3. The maximum Gasteiger partial charge on any atom is 0.312 e. The van der Waals surface area contributed by atoms with E-state index in [1.54, 1.807) is 6.20 Å². The van der Waals surface area contributed by atoms with Crippen molar-refractivity contribution in [3.63, 3.8) is 0 Å². The molecule has 1 heterocycles. The van der Waals surface area contributed by atoms with E-state index in [0.717, 1.165) is 17.8 Å². The zero-order valence-electron chi connectivity index (χ0n) is 11.5. The number of carbonyl (C=O) groups is 1. The number of benzene rings is 1. The molecule has 2 rings (SSSR count). The third-order valence-corrected chi connectivity index (χ3v) is 3.29. The molecule has 0 bridgehead atoms. The van der Waals surface area contributed by atoms with Gasteiger partial charge in [0, 0.05) is 39.0 Å². The van der Waals surface area contributed by atoms with E-state index >= 15 is 0 Å². The number of hydrogen-bond donors (Lipinski definition) is 2. The summed E-state index contributed by atoms with van der Waals surface area (Å²) >= 11 is 0. The number of carboxylic acids is 1. The Bertz CT molecular complexity index is 551. The lowest BCUT2D eigenvalue weighted by molar-refractivity contribution is -0.138. The molecule has 20 heavy (non-hydrogen) atoms. The molecule has 5 heteroatoms. The van der Waals surface area contributed by atoms with Crippen molar-refractivity contribution in [3.05, 3.63) is 54.1 Å². The van der Waals surface area contributed by atoms with Gasteiger partial charge >= 0.3 is 5.97 Å². The van der Waals surface area contributed by atoms with Crippen LogP contribution in [0.25, 0.3) is 0 Å². The minimum atomic E-state index is -0.805. The Morgan fingerprint density at radius 3 is 2.75 bits per heavy atom. The lowest BCUT2D eigenvalue weighted by atomic mass is 9.99. The van der Waals surface area contributed by atoms with Gasteiger partial charge in [0.05, 0.1) is 5.92 Å². The lowest BCUT2D eigenvalue weighted by Gasteiger charge is -2.13. The second-order valence-electron chi connectivity index (χ2n) is 4.71. The van der Waals surface area contributed by atoms with Gasteiger partial charge in [-0.1, -0.05) is 30.3 Å². The number of nitrogens with zero attached hydrogens (tertiary/aromatic N) is 2. The van der Waals surface area contributed by atoms with Gasteiger partial charge in [0.2, 0.25) is 0 Å². The molecule has 1 aromatic heterocycles. The molecule has 0 aliphatic carbocycles. The summed E-state index contributed by atoms with van der Waals surface area (Å²) in [4.78, 5) is 15.6. The molecule has 0 aliphatic rings. The van der Waals surface area contributed by atoms with Crippen LogP contribution in [0, 0.1) is 0 Å². The molecule has 0 spiro atoms. The Morgan fingerprint density at radius 2 is 2.15 bits per heavy atom. The first-order valence-electron chi connectivity index (χ1n) is 6.63. The molecule has 106 valence electrons. The Kier molecular flexibility index (Phi) is 4.90. The highest BCUT2D eigenvalue weighted by molar-refractivity contribution is 5.76. The molecular weight excluding hydrogens is 254 g/mol. The first-order valence-corrected chi connectivity index (χ1v) is 6.63. The van der Waals surface area contributed by atoms with Crippen molar-refractivity contribution in [2.75, 3.05) is 13.1 Å². The molecule has 5 nitrogen and oxygen atoms in total. The molecule has 0 radical (unpaired) electrons. The van der Waals surface area contributed by atoms with Crippen LogP contribution >= 0.6 is 0 Å². The van der Waals surface area contributed by atoms with Crippen molar-refractivity contribution >= 4 is 5.97 Å². The van der Waals surface area contributed by atoms with Crippen molar-refractivity contribution in [1.29, 1.82) is 0 Å². The minimum absolute atomic E-state index is 0.420. The Labute approximate surface area is 118 Å². The number of aliphatic carboxylic acids is 1. The predicted molar refractivity (Wildman–Crippen MR) is 76.6 cm³/mol. The van der Waals surface area contributed by atoms with E-state index in [2.05, 4.69) is 10.3 Å². The third-order valence-electron chi connectivity index (χ3n) is 3.29. The molecule has 2 aromatic rings. The van der Waals surface area contributed by atoms with Crippen LogP contribution in [-0.4, -0.2) is 33.7 Å². The normalized spacial score (nSPS) is 12.2. The summed E-state index contributed by atoms with van der Waals surface area (Å²) in [5.41, 5.74) is 0.824. The lowest BCUT2D eigenvalue weighted by Crippen LogP contribution is -2.28. The predicted octanol–water partition coefficient (Wildman–Crippen LogP) is 1.42. The van der Waals surface area contributed by atoms with Gasteiger partial charge in [0.25, 0.3) is 0 Å². The third kappa shape index (κ3) is 3.68. The summed E-state index contributed by atoms with van der Waals surface area (Å²) in [5.74, 6) is -0.331. The van der Waals surface area contributed by atoms with E-state index in [9.17, 15) is 9.90 Å². The van der Waals surface area contributed by atoms with Crippen LogP contribution < -0.4 is 5.32 Å². The van der Waals surface area contributed by atoms with E-state index in [1.165, 1.54) is 0 Å². The van der Waals surface area contributed by atoms with E-state index in [1.807, 2.05) is 48.1 Å². The van der Waals surface area contributed by atoms with E-state index < -0.39 is 11.9 Å². The number of rotatable bonds is 7. The Morgan fingerprint density at radius 1 is 1.40 bits per heavy atom. The summed E-state index contributed by atoms with van der Waals surface area (Å²) in [6.45, 7) is 1.13. The standard InChI is InChI=1S/C15H19N3O2/c1-18-10-9-17-14(18)7-8-16-11-13(15(19)20)12-5-3-2-4-6-12/h2-6,9-10,13,16H,7-8,11H2,1H3,(H,19,20). The van der Waals surface area contributed by atoms with Crippen molar-refractivity contribution in [2.45, 2.75) is 12.3 Å². The van der Waals surface area contributed by atoms with Gasteiger partial charge in [-0.05, 0) is 5.56 Å². The molecule has 1 unspecified atom stereocenters. The van der Waals surface area contributed by atoms with Crippen LogP contribution in [0.3, 0.4) is 0 Å². The van der Waals surface area contributed by atoms with Crippen LogP contribution in [0.1, 0.15) is 17.3 Å². The number of aryl methyl sites for hydroxylation is 1. The van der Waals surface area contributed by atoms with Gasteiger partial charge in [-0.15, -0.1) is 0 Å². The van der Waals surface area contributed by atoms with Crippen LogP contribution in [0.5, 0.6) is 0 Å². The van der Waals surface area contributed by atoms with Gasteiger partial charge in [-0.2, -0.15) is 0 Å². The Hall–Kier alpha value is -2.14. The van der Waals surface area contributed by atoms with Gasteiger partial charge in [-0.3, -0.25) is 4.79 Å². The van der Waals surface area contributed by atoms with Gasteiger partial charge in [-0.25, -0.2) is 4.98 Å². The summed E-state index contributed by atoms with van der Waals surface area (Å²) < 4.78 is 1.97. The second-order valence-corrected chi connectivity index (χ2v) is 4.71. The maximum absolute atomic E-state index is 11.3. The highest BCUT2D eigenvalue weighted by Crippen LogP contribution is 2.14. The molecule has 2 N–H and O–H groups in total. The smallest absolute Gasteiger partial charge is 0.312 e. The van der Waals surface area contributed by atoms with Crippen LogP contribution in [0.4, 0.5) is 0 Å². The fraction of sp³-hybridized carbons (Fsp3) is 0.333. The summed E-state index contributed by atoms with van der Waals surface area (Å²) in [6.07, 6.45) is 4.45. The van der Waals surface area contributed by atoms with Gasteiger partial charge < -0.3 is 15.0 Å². The molecule has 1 aromatic carbocycles.